The van der Waals surface area contributed by atoms with Crippen LogP contribution in [-0.2, 0) is 16.2 Å². The molecule has 102 valence electrons. The number of hydrogen-bond acceptors (Lipinski definition) is 3. The minimum atomic E-state index is -0.167. The zero-order chi connectivity index (χ0) is 13.6. The van der Waals surface area contributed by atoms with Gasteiger partial charge in [-0.3, -0.25) is 0 Å². The Kier molecular flexibility index (Phi) is 3.20. The van der Waals surface area contributed by atoms with Crippen LogP contribution in [0.25, 0.3) is 11.2 Å². The Hall–Kier alpha value is -0.840. The number of rotatable bonds is 2. The van der Waals surface area contributed by atoms with E-state index in [4.69, 9.17) is 27.9 Å². The van der Waals surface area contributed by atoms with Gasteiger partial charge in [0.1, 0.15) is 11.3 Å². The summed E-state index contributed by atoms with van der Waals surface area (Å²) in [6.07, 6.45) is 2.67. The first-order valence-corrected chi connectivity index (χ1v) is 7.18. The van der Waals surface area contributed by atoms with Crippen LogP contribution >= 0.6 is 23.2 Å². The number of pyridine rings is 1. The van der Waals surface area contributed by atoms with E-state index in [9.17, 15) is 0 Å². The van der Waals surface area contributed by atoms with Crippen molar-refractivity contribution in [3.63, 3.8) is 0 Å². The Bertz CT molecular complexity index is 628. The van der Waals surface area contributed by atoms with E-state index >= 15 is 0 Å². The number of ether oxygens (including phenoxy) is 1. The van der Waals surface area contributed by atoms with Gasteiger partial charge >= 0.3 is 0 Å². The predicted octanol–water partition coefficient (Wildman–Crippen LogP) is 3.35. The van der Waals surface area contributed by atoms with Crippen LogP contribution in [0, 0.1) is 0 Å². The summed E-state index contributed by atoms with van der Waals surface area (Å²) in [5, 5.41) is 0.583. The summed E-state index contributed by atoms with van der Waals surface area (Å²) in [6.45, 7) is 4.98. The van der Waals surface area contributed by atoms with E-state index in [0.29, 0.717) is 10.9 Å². The molecule has 2 aromatic rings. The van der Waals surface area contributed by atoms with Gasteiger partial charge in [0, 0.05) is 12.8 Å². The number of nitrogens with zero attached hydrogens (tertiary/aromatic N) is 3. The molecular weight excluding hydrogens is 285 g/mol. The highest BCUT2D eigenvalue weighted by Gasteiger charge is 2.41. The Morgan fingerprint density at radius 1 is 1.58 bits per heavy atom. The van der Waals surface area contributed by atoms with Gasteiger partial charge in [-0.25, -0.2) is 9.97 Å². The third kappa shape index (κ3) is 1.93. The molecule has 0 saturated carbocycles. The van der Waals surface area contributed by atoms with E-state index in [1.165, 1.54) is 0 Å². The third-order valence-corrected chi connectivity index (χ3v) is 4.46. The Labute approximate surface area is 121 Å². The fraction of sp³-hybridized carbons (Fsp3) is 0.538. The fourth-order valence-electron chi connectivity index (χ4n) is 2.73. The van der Waals surface area contributed by atoms with Gasteiger partial charge in [-0.15, -0.1) is 11.6 Å². The summed E-state index contributed by atoms with van der Waals surface area (Å²) >= 11 is 12.0. The van der Waals surface area contributed by atoms with Crippen LogP contribution in [0.3, 0.4) is 0 Å². The number of alkyl halides is 1. The van der Waals surface area contributed by atoms with Crippen molar-refractivity contribution >= 4 is 34.4 Å². The molecule has 0 spiro atoms. The van der Waals surface area contributed by atoms with Crippen molar-refractivity contribution < 1.29 is 4.74 Å². The topological polar surface area (TPSA) is 39.9 Å². The van der Waals surface area contributed by atoms with Gasteiger partial charge in [0.2, 0.25) is 0 Å². The molecular formula is C13H15Cl2N3O. The molecule has 2 unspecified atom stereocenters. The van der Waals surface area contributed by atoms with Gasteiger partial charge < -0.3 is 9.30 Å². The molecule has 19 heavy (non-hydrogen) atoms. The van der Waals surface area contributed by atoms with Gasteiger partial charge in [0.05, 0.1) is 22.5 Å². The second-order valence-electron chi connectivity index (χ2n) is 5.11. The van der Waals surface area contributed by atoms with Crippen LogP contribution in [0.15, 0.2) is 12.3 Å². The highest BCUT2D eigenvalue weighted by Crippen LogP contribution is 2.37. The van der Waals surface area contributed by atoms with Crippen molar-refractivity contribution in [2.24, 2.45) is 0 Å². The standard InChI is InChI=1S/C13H15Cl2N3O/c1-8-13(2,3-4-19-8)18-11(6-14)17-10-5-9(15)7-16-12(10)18/h5,7-8H,3-4,6H2,1-2H3. The lowest BCUT2D eigenvalue weighted by atomic mass is 9.94. The SMILES string of the molecule is CC1OCCC1(C)n1c(CCl)nc2cc(Cl)cnc21. The molecule has 0 amide bonds. The average Bonchev–Trinajstić information content (AvgIpc) is 2.91. The second kappa shape index (κ2) is 4.62. The molecule has 1 fully saturated rings. The normalized spacial score (nSPS) is 27.3. The number of hydrogen-bond donors (Lipinski definition) is 0. The lowest BCUT2D eigenvalue weighted by Gasteiger charge is -2.31. The first-order valence-electron chi connectivity index (χ1n) is 6.27. The molecule has 4 nitrogen and oxygen atoms in total. The summed E-state index contributed by atoms with van der Waals surface area (Å²) in [4.78, 5) is 8.97. The molecule has 0 aromatic carbocycles. The van der Waals surface area contributed by atoms with Crippen molar-refractivity contribution in [3.05, 3.63) is 23.1 Å². The monoisotopic (exact) mass is 299 g/mol. The molecule has 0 bridgehead atoms. The van der Waals surface area contributed by atoms with Crippen LogP contribution in [0.2, 0.25) is 5.02 Å². The number of fused-ring (bicyclic) bond motifs is 1. The molecule has 0 N–H and O–H groups in total. The van der Waals surface area contributed by atoms with E-state index in [-0.39, 0.29) is 11.6 Å². The summed E-state index contributed by atoms with van der Waals surface area (Å²) in [5.74, 6) is 1.15. The molecule has 6 heteroatoms. The van der Waals surface area contributed by atoms with E-state index < -0.39 is 0 Å². The van der Waals surface area contributed by atoms with E-state index in [2.05, 4.69) is 28.4 Å². The zero-order valence-electron chi connectivity index (χ0n) is 10.9. The highest BCUT2D eigenvalue weighted by atomic mass is 35.5. The number of imidazole rings is 1. The first-order chi connectivity index (χ1) is 9.06. The summed E-state index contributed by atoms with van der Waals surface area (Å²) in [7, 11) is 0. The molecule has 1 saturated heterocycles. The predicted molar refractivity (Wildman–Crippen MR) is 75.8 cm³/mol. The van der Waals surface area contributed by atoms with Crippen molar-refractivity contribution in [2.75, 3.05) is 6.61 Å². The summed E-state index contributed by atoms with van der Waals surface area (Å²) in [5.41, 5.74) is 1.43. The molecule has 0 aliphatic carbocycles. The van der Waals surface area contributed by atoms with Crippen molar-refractivity contribution in [1.82, 2.24) is 14.5 Å². The molecule has 3 heterocycles. The van der Waals surface area contributed by atoms with Crippen molar-refractivity contribution in [3.8, 4) is 0 Å². The van der Waals surface area contributed by atoms with Crippen molar-refractivity contribution in [1.29, 1.82) is 0 Å². The Morgan fingerprint density at radius 3 is 3.00 bits per heavy atom. The molecule has 3 rings (SSSR count). The second-order valence-corrected chi connectivity index (χ2v) is 5.82. The zero-order valence-corrected chi connectivity index (χ0v) is 12.4. The Balaban J connectivity index is 2.27. The Morgan fingerprint density at radius 2 is 2.37 bits per heavy atom. The van der Waals surface area contributed by atoms with Crippen LogP contribution in [-0.4, -0.2) is 27.2 Å². The maximum Gasteiger partial charge on any atom is 0.160 e. The van der Waals surface area contributed by atoms with Crippen LogP contribution in [0.5, 0.6) is 0 Å². The van der Waals surface area contributed by atoms with Gasteiger partial charge in [0.15, 0.2) is 5.65 Å². The quantitative estimate of drug-likeness (QED) is 0.799. The first kappa shape index (κ1) is 13.2. The van der Waals surface area contributed by atoms with E-state index in [0.717, 1.165) is 30.0 Å². The van der Waals surface area contributed by atoms with Gasteiger partial charge in [-0.2, -0.15) is 0 Å². The van der Waals surface area contributed by atoms with Gasteiger partial charge in [0.25, 0.3) is 0 Å². The number of halogens is 2. The molecule has 1 aliphatic rings. The van der Waals surface area contributed by atoms with Gasteiger partial charge in [-0.1, -0.05) is 11.6 Å². The molecule has 1 aliphatic heterocycles. The molecule has 0 radical (unpaired) electrons. The van der Waals surface area contributed by atoms with Crippen LogP contribution < -0.4 is 0 Å². The average molecular weight is 300 g/mol. The smallest absolute Gasteiger partial charge is 0.160 e. The largest absolute Gasteiger partial charge is 0.376 e. The minimum Gasteiger partial charge on any atom is -0.376 e. The lowest BCUT2D eigenvalue weighted by Crippen LogP contribution is -2.38. The fourth-order valence-corrected chi connectivity index (χ4v) is 3.06. The maximum atomic E-state index is 6.05. The highest BCUT2D eigenvalue weighted by molar-refractivity contribution is 6.31. The number of aromatic nitrogens is 3. The van der Waals surface area contributed by atoms with Crippen molar-refractivity contribution in [2.45, 2.75) is 37.8 Å². The summed E-state index contributed by atoms with van der Waals surface area (Å²) in [6, 6.07) is 1.82. The molecule has 2 aromatic heterocycles. The summed E-state index contributed by atoms with van der Waals surface area (Å²) < 4.78 is 7.83. The van der Waals surface area contributed by atoms with Crippen LogP contribution in [0.4, 0.5) is 0 Å². The molecule has 2 atom stereocenters. The van der Waals surface area contributed by atoms with Crippen LogP contribution in [0.1, 0.15) is 26.1 Å². The van der Waals surface area contributed by atoms with E-state index in [1.54, 1.807) is 6.20 Å². The lowest BCUT2D eigenvalue weighted by molar-refractivity contribution is 0.0764. The van der Waals surface area contributed by atoms with E-state index in [1.807, 2.05) is 6.07 Å². The minimum absolute atomic E-state index is 0.101. The third-order valence-electron chi connectivity index (χ3n) is 4.02. The van der Waals surface area contributed by atoms with Gasteiger partial charge in [-0.05, 0) is 26.3 Å². The maximum absolute atomic E-state index is 6.05.